The number of phenolic OH excluding ortho intramolecular Hbond substituents is 1. The third-order valence-electron chi connectivity index (χ3n) is 4.12. The van der Waals surface area contributed by atoms with Crippen molar-refractivity contribution < 1.29 is 19.4 Å². The highest BCUT2D eigenvalue weighted by atomic mass is 16.6. The van der Waals surface area contributed by atoms with Crippen LogP contribution in [0.4, 0.5) is 0 Å². The van der Waals surface area contributed by atoms with Gasteiger partial charge >= 0.3 is 11.9 Å². The zero-order valence-corrected chi connectivity index (χ0v) is 15.0. The highest BCUT2D eigenvalue weighted by Gasteiger charge is 2.13. The van der Waals surface area contributed by atoms with E-state index in [1.807, 2.05) is 0 Å². The zero-order chi connectivity index (χ0) is 17.8. The molecule has 0 aromatic heterocycles. The number of phenols is 1. The van der Waals surface area contributed by atoms with E-state index in [1.54, 1.807) is 6.92 Å². The lowest BCUT2D eigenvalue weighted by molar-refractivity contribution is -0.138. The van der Waals surface area contributed by atoms with Gasteiger partial charge in [0.2, 0.25) is 0 Å². The molecule has 0 radical (unpaired) electrons. The van der Waals surface area contributed by atoms with Crippen LogP contribution in [0.15, 0.2) is 18.2 Å². The molecule has 0 saturated carbocycles. The molecule has 0 fully saturated rings. The van der Waals surface area contributed by atoms with Gasteiger partial charge in [0.15, 0.2) is 0 Å². The first-order chi connectivity index (χ1) is 11.5. The topological polar surface area (TPSA) is 63.6 Å². The molecule has 1 rings (SSSR count). The molecule has 0 aliphatic rings. The van der Waals surface area contributed by atoms with Crippen LogP contribution in [-0.2, 0) is 9.53 Å². The molecule has 4 nitrogen and oxygen atoms in total. The Bertz CT molecular complexity index is 522. The molecule has 134 valence electrons. The first kappa shape index (κ1) is 20.2. The molecule has 0 unspecified atom stereocenters. The zero-order valence-electron chi connectivity index (χ0n) is 15.0. The fraction of sp³-hybridized carbons (Fsp3) is 0.600. The summed E-state index contributed by atoms with van der Waals surface area (Å²) in [5, 5.41) is 9.44. The molecular weight excluding hydrogens is 304 g/mol. The van der Waals surface area contributed by atoms with Crippen molar-refractivity contribution in [1.82, 2.24) is 0 Å². The molecule has 4 heteroatoms. The van der Waals surface area contributed by atoms with Crippen LogP contribution in [0.3, 0.4) is 0 Å². The number of benzene rings is 1. The third-order valence-corrected chi connectivity index (χ3v) is 4.12. The van der Waals surface area contributed by atoms with Gasteiger partial charge in [-0.2, -0.15) is 0 Å². The Labute approximate surface area is 145 Å². The monoisotopic (exact) mass is 334 g/mol. The normalized spacial score (nSPS) is 10.6. The molecule has 0 bridgehead atoms. The van der Waals surface area contributed by atoms with E-state index in [1.165, 1.54) is 56.7 Å². The van der Waals surface area contributed by atoms with Gasteiger partial charge in [-0.1, -0.05) is 58.3 Å². The lowest BCUT2D eigenvalue weighted by Crippen LogP contribution is -2.12. The van der Waals surface area contributed by atoms with Gasteiger partial charge in [-0.25, -0.2) is 4.79 Å². The molecule has 0 amide bonds. The van der Waals surface area contributed by atoms with E-state index in [2.05, 4.69) is 6.92 Å². The predicted molar refractivity (Wildman–Crippen MR) is 95.1 cm³/mol. The van der Waals surface area contributed by atoms with Gasteiger partial charge in [-0.05, 0) is 37.1 Å². The van der Waals surface area contributed by atoms with E-state index in [0.717, 1.165) is 19.3 Å². The summed E-state index contributed by atoms with van der Waals surface area (Å²) in [4.78, 5) is 23.5. The minimum atomic E-state index is -0.654. The molecule has 1 aromatic carbocycles. The van der Waals surface area contributed by atoms with Crippen LogP contribution in [-0.4, -0.2) is 17.0 Å². The van der Waals surface area contributed by atoms with Crippen molar-refractivity contribution in [3.63, 3.8) is 0 Å². The molecule has 0 spiro atoms. The lowest BCUT2D eigenvalue weighted by Gasteiger charge is -2.05. The maximum atomic E-state index is 11.9. The Morgan fingerprint density at radius 2 is 1.54 bits per heavy atom. The third kappa shape index (κ3) is 8.14. The summed E-state index contributed by atoms with van der Waals surface area (Å²) < 4.78 is 4.84. The maximum Gasteiger partial charge on any atom is 0.345 e. The molecule has 0 heterocycles. The van der Waals surface area contributed by atoms with E-state index in [-0.39, 0.29) is 17.7 Å². The fourth-order valence-corrected chi connectivity index (χ4v) is 2.58. The largest absolute Gasteiger partial charge is 0.508 e. The molecule has 0 aliphatic heterocycles. The Morgan fingerprint density at radius 3 is 2.12 bits per heavy atom. The maximum absolute atomic E-state index is 11.9. The number of unbranched alkanes of at least 4 members (excludes halogenated alkanes) is 8. The highest BCUT2D eigenvalue weighted by molar-refractivity contribution is 5.97. The van der Waals surface area contributed by atoms with Gasteiger partial charge in [0.05, 0.1) is 5.56 Å². The highest BCUT2D eigenvalue weighted by Crippen LogP contribution is 2.18. The summed E-state index contributed by atoms with van der Waals surface area (Å²) in [5.41, 5.74) is 0.863. The van der Waals surface area contributed by atoms with Crippen molar-refractivity contribution in [3.05, 3.63) is 29.3 Å². The van der Waals surface area contributed by atoms with Gasteiger partial charge in [-0.3, -0.25) is 4.79 Å². The summed E-state index contributed by atoms with van der Waals surface area (Å²) in [6.07, 6.45) is 10.9. The van der Waals surface area contributed by atoms with Crippen LogP contribution in [0.2, 0.25) is 0 Å². The van der Waals surface area contributed by atoms with E-state index in [4.69, 9.17) is 4.74 Å². The van der Waals surface area contributed by atoms with E-state index in [9.17, 15) is 14.7 Å². The second kappa shape index (κ2) is 11.7. The van der Waals surface area contributed by atoms with Crippen LogP contribution in [0, 0.1) is 6.92 Å². The summed E-state index contributed by atoms with van der Waals surface area (Å²) >= 11 is 0. The first-order valence-corrected chi connectivity index (χ1v) is 9.09. The fourth-order valence-electron chi connectivity index (χ4n) is 2.58. The Balaban J connectivity index is 2.13. The van der Waals surface area contributed by atoms with Gasteiger partial charge in [0, 0.05) is 6.42 Å². The average molecular weight is 334 g/mol. The Morgan fingerprint density at radius 1 is 0.958 bits per heavy atom. The number of carbonyl (C=O) groups excluding carboxylic acids is 2. The summed E-state index contributed by atoms with van der Waals surface area (Å²) in [6.45, 7) is 3.91. The molecular formula is C20H30O4. The van der Waals surface area contributed by atoms with Gasteiger partial charge in [0.25, 0.3) is 0 Å². The minimum absolute atomic E-state index is 0.118. The average Bonchev–Trinajstić information content (AvgIpc) is 2.55. The SMILES string of the molecule is CCCCCCCCCCCC(=O)OC(=O)c1ccc(O)c(C)c1. The van der Waals surface area contributed by atoms with Gasteiger partial charge < -0.3 is 9.84 Å². The summed E-state index contributed by atoms with van der Waals surface area (Å²) in [5.74, 6) is -1.01. The van der Waals surface area contributed by atoms with Crippen LogP contribution in [0.25, 0.3) is 0 Å². The number of hydrogen-bond donors (Lipinski definition) is 1. The molecule has 0 saturated heterocycles. The number of aromatic hydroxyl groups is 1. The van der Waals surface area contributed by atoms with Crippen molar-refractivity contribution in [3.8, 4) is 5.75 Å². The van der Waals surface area contributed by atoms with E-state index in [0.29, 0.717) is 5.56 Å². The number of aryl methyl sites for hydroxylation is 1. The van der Waals surface area contributed by atoms with Crippen molar-refractivity contribution in [2.75, 3.05) is 0 Å². The van der Waals surface area contributed by atoms with Crippen LogP contribution >= 0.6 is 0 Å². The van der Waals surface area contributed by atoms with Crippen molar-refractivity contribution in [2.45, 2.75) is 78.1 Å². The molecule has 1 aromatic rings. The van der Waals surface area contributed by atoms with E-state index >= 15 is 0 Å². The number of ether oxygens (including phenoxy) is 1. The first-order valence-electron chi connectivity index (χ1n) is 9.09. The van der Waals surface area contributed by atoms with E-state index < -0.39 is 11.9 Å². The Kier molecular flexibility index (Phi) is 9.81. The van der Waals surface area contributed by atoms with Crippen molar-refractivity contribution >= 4 is 11.9 Å². The van der Waals surface area contributed by atoms with Crippen LogP contribution < -0.4 is 0 Å². The summed E-state index contributed by atoms with van der Waals surface area (Å²) in [7, 11) is 0. The quantitative estimate of drug-likeness (QED) is 0.338. The lowest BCUT2D eigenvalue weighted by atomic mass is 10.1. The van der Waals surface area contributed by atoms with Crippen molar-refractivity contribution in [2.24, 2.45) is 0 Å². The molecule has 0 atom stereocenters. The molecule has 0 aliphatic carbocycles. The van der Waals surface area contributed by atoms with Crippen LogP contribution in [0.1, 0.15) is 87.1 Å². The second-order valence-corrected chi connectivity index (χ2v) is 6.34. The smallest absolute Gasteiger partial charge is 0.345 e. The second-order valence-electron chi connectivity index (χ2n) is 6.34. The number of hydrogen-bond acceptors (Lipinski definition) is 4. The number of esters is 2. The number of carbonyl (C=O) groups is 2. The predicted octanol–water partition coefficient (Wildman–Crippen LogP) is 5.30. The van der Waals surface area contributed by atoms with Crippen LogP contribution in [0.5, 0.6) is 5.75 Å². The summed E-state index contributed by atoms with van der Waals surface area (Å²) in [6, 6.07) is 4.40. The molecule has 24 heavy (non-hydrogen) atoms. The Hall–Kier alpha value is -1.84. The minimum Gasteiger partial charge on any atom is -0.508 e. The van der Waals surface area contributed by atoms with Crippen molar-refractivity contribution in [1.29, 1.82) is 0 Å². The van der Waals surface area contributed by atoms with Gasteiger partial charge in [-0.15, -0.1) is 0 Å². The van der Waals surface area contributed by atoms with Gasteiger partial charge in [0.1, 0.15) is 5.75 Å². The number of rotatable bonds is 11. The standard InChI is InChI=1S/C20H30O4/c1-3-4-5-6-7-8-9-10-11-12-19(22)24-20(23)17-13-14-18(21)16(2)15-17/h13-15,21H,3-12H2,1-2H3. The molecule has 1 N–H and O–H groups in total.